The standard InChI is InChI=1S/C21H20FN5O/c1-14(18-11-24-27(15(18)2)17-7-5-6-16(22)10-17)25-21(28)12-26-13-23-19-8-3-4-9-20(19)26/h3-11,13-14H,12H2,1-2H3,(H,25,28)/t14-/m0/s1. The van der Waals surface area contributed by atoms with Gasteiger partial charge in [0.2, 0.25) is 5.91 Å². The van der Waals surface area contributed by atoms with E-state index in [0.29, 0.717) is 5.69 Å². The number of carbonyl (C=O) groups excluding carboxylic acids is 1. The van der Waals surface area contributed by atoms with Gasteiger partial charge in [-0.1, -0.05) is 18.2 Å². The highest BCUT2D eigenvalue weighted by Gasteiger charge is 2.17. The lowest BCUT2D eigenvalue weighted by Crippen LogP contribution is -2.30. The molecular formula is C21H20FN5O. The molecule has 0 spiro atoms. The number of hydrogen-bond acceptors (Lipinski definition) is 3. The highest BCUT2D eigenvalue weighted by molar-refractivity contribution is 5.80. The van der Waals surface area contributed by atoms with Gasteiger partial charge in [0.25, 0.3) is 0 Å². The second-order valence-electron chi connectivity index (χ2n) is 6.73. The van der Waals surface area contributed by atoms with Crippen LogP contribution in [0.1, 0.15) is 24.2 Å². The quantitative estimate of drug-likeness (QED) is 0.578. The molecule has 0 aliphatic carbocycles. The van der Waals surface area contributed by atoms with Crippen molar-refractivity contribution in [2.45, 2.75) is 26.4 Å². The third-order valence-electron chi connectivity index (χ3n) is 4.79. The Labute approximate surface area is 161 Å². The first-order valence-corrected chi connectivity index (χ1v) is 9.02. The fourth-order valence-corrected chi connectivity index (χ4v) is 3.37. The summed E-state index contributed by atoms with van der Waals surface area (Å²) in [5, 5.41) is 7.36. The van der Waals surface area contributed by atoms with Crippen molar-refractivity contribution < 1.29 is 9.18 Å². The van der Waals surface area contributed by atoms with Crippen LogP contribution < -0.4 is 5.32 Å². The van der Waals surface area contributed by atoms with Crippen LogP contribution in [0.3, 0.4) is 0 Å². The lowest BCUT2D eigenvalue weighted by molar-refractivity contribution is -0.122. The number of hydrogen-bond donors (Lipinski definition) is 1. The number of carbonyl (C=O) groups is 1. The predicted octanol–water partition coefficient (Wildman–Crippen LogP) is 3.55. The monoisotopic (exact) mass is 377 g/mol. The molecule has 4 aromatic rings. The van der Waals surface area contributed by atoms with E-state index in [1.54, 1.807) is 29.3 Å². The summed E-state index contributed by atoms with van der Waals surface area (Å²) < 4.78 is 17.0. The minimum atomic E-state index is -0.317. The molecule has 0 saturated heterocycles. The molecule has 0 fully saturated rings. The van der Waals surface area contributed by atoms with Crippen molar-refractivity contribution in [2.24, 2.45) is 0 Å². The SMILES string of the molecule is Cc1c([C@H](C)NC(=O)Cn2cnc3ccccc32)cnn1-c1cccc(F)c1. The van der Waals surface area contributed by atoms with E-state index in [1.807, 2.05) is 42.7 Å². The van der Waals surface area contributed by atoms with Gasteiger partial charge in [-0.05, 0) is 44.2 Å². The molecule has 0 aliphatic heterocycles. The molecule has 0 saturated carbocycles. The van der Waals surface area contributed by atoms with E-state index < -0.39 is 0 Å². The fraction of sp³-hybridized carbons (Fsp3) is 0.190. The number of imidazole rings is 1. The van der Waals surface area contributed by atoms with Crippen molar-refractivity contribution in [3.63, 3.8) is 0 Å². The Morgan fingerprint density at radius 1 is 1.21 bits per heavy atom. The summed E-state index contributed by atoms with van der Waals surface area (Å²) in [6.45, 7) is 3.99. The topological polar surface area (TPSA) is 64.7 Å². The first kappa shape index (κ1) is 17.9. The summed E-state index contributed by atoms with van der Waals surface area (Å²) in [4.78, 5) is 16.8. The minimum Gasteiger partial charge on any atom is -0.348 e. The molecule has 1 N–H and O–H groups in total. The summed E-state index contributed by atoms with van der Waals surface area (Å²) in [7, 11) is 0. The maximum Gasteiger partial charge on any atom is 0.240 e. The molecule has 0 aliphatic rings. The number of amides is 1. The maximum absolute atomic E-state index is 13.5. The van der Waals surface area contributed by atoms with Crippen LogP contribution in [0.2, 0.25) is 0 Å². The van der Waals surface area contributed by atoms with Crippen molar-refractivity contribution >= 4 is 16.9 Å². The number of nitrogens with zero attached hydrogens (tertiary/aromatic N) is 4. The van der Waals surface area contributed by atoms with Crippen LogP contribution in [0.5, 0.6) is 0 Å². The van der Waals surface area contributed by atoms with Gasteiger partial charge in [0.1, 0.15) is 12.4 Å². The lowest BCUT2D eigenvalue weighted by atomic mass is 10.1. The van der Waals surface area contributed by atoms with Gasteiger partial charge >= 0.3 is 0 Å². The van der Waals surface area contributed by atoms with E-state index >= 15 is 0 Å². The normalized spacial score (nSPS) is 12.2. The Morgan fingerprint density at radius 3 is 2.86 bits per heavy atom. The molecule has 1 atom stereocenters. The van der Waals surface area contributed by atoms with Gasteiger partial charge in [0, 0.05) is 11.3 Å². The Morgan fingerprint density at radius 2 is 2.04 bits per heavy atom. The molecule has 2 aromatic heterocycles. The Hall–Kier alpha value is -3.48. The Bertz CT molecular complexity index is 1150. The number of halogens is 1. The zero-order valence-electron chi connectivity index (χ0n) is 15.6. The molecule has 0 unspecified atom stereocenters. The first-order chi connectivity index (χ1) is 13.5. The molecule has 0 radical (unpaired) electrons. The highest BCUT2D eigenvalue weighted by Crippen LogP contribution is 2.21. The van der Waals surface area contributed by atoms with E-state index in [2.05, 4.69) is 15.4 Å². The summed E-state index contributed by atoms with van der Waals surface area (Å²) in [5.74, 6) is -0.434. The van der Waals surface area contributed by atoms with Crippen LogP contribution in [0.15, 0.2) is 61.1 Å². The van der Waals surface area contributed by atoms with Gasteiger partial charge in [-0.25, -0.2) is 14.1 Å². The summed E-state index contributed by atoms with van der Waals surface area (Å²) in [6.07, 6.45) is 3.37. The van der Waals surface area contributed by atoms with Crippen molar-refractivity contribution in [3.8, 4) is 5.69 Å². The predicted molar refractivity (Wildman–Crippen MR) is 105 cm³/mol. The number of nitrogens with one attached hydrogen (secondary N) is 1. The van der Waals surface area contributed by atoms with Crippen LogP contribution in [0.25, 0.3) is 16.7 Å². The summed E-state index contributed by atoms with van der Waals surface area (Å²) in [5.41, 5.74) is 4.16. The van der Waals surface area contributed by atoms with Gasteiger partial charge in [0.15, 0.2) is 0 Å². The number of benzene rings is 2. The van der Waals surface area contributed by atoms with Gasteiger partial charge in [-0.3, -0.25) is 4.79 Å². The number of rotatable bonds is 5. The van der Waals surface area contributed by atoms with Crippen LogP contribution >= 0.6 is 0 Å². The zero-order chi connectivity index (χ0) is 19.7. The second kappa shape index (κ2) is 7.26. The average molecular weight is 377 g/mol. The summed E-state index contributed by atoms with van der Waals surface area (Å²) >= 11 is 0. The van der Waals surface area contributed by atoms with Crippen LogP contribution in [-0.4, -0.2) is 25.2 Å². The highest BCUT2D eigenvalue weighted by atomic mass is 19.1. The van der Waals surface area contributed by atoms with E-state index in [0.717, 1.165) is 22.3 Å². The van der Waals surface area contributed by atoms with Gasteiger partial charge in [-0.15, -0.1) is 0 Å². The molecule has 2 aromatic carbocycles. The number of para-hydroxylation sites is 2. The van der Waals surface area contributed by atoms with E-state index in [9.17, 15) is 9.18 Å². The fourth-order valence-electron chi connectivity index (χ4n) is 3.37. The molecule has 28 heavy (non-hydrogen) atoms. The van der Waals surface area contributed by atoms with Crippen LogP contribution in [0.4, 0.5) is 4.39 Å². The smallest absolute Gasteiger partial charge is 0.240 e. The average Bonchev–Trinajstić information content (AvgIpc) is 3.25. The van der Waals surface area contributed by atoms with E-state index in [-0.39, 0.29) is 24.3 Å². The molecule has 1 amide bonds. The first-order valence-electron chi connectivity index (χ1n) is 9.02. The third kappa shape index (κ3) is 3.38. The number of fused-ring (bicyclic) bond motifs is 1. The number of aromatic nitrogens is 4. The second-order valence-corrected chi connectivity index (χ2v) is 6.73. The molecule has 4 rings (SSSR count). The van der Waals surface area contributed by atoms with Gasteiger partial charge in [0.05, 0.1) is 35.3 Å². The Balaban J connectivity index is 1.49. The zero-order valence-corrected chi connectivity index (χ0v) is 15.6. The van der Waals surface area contributed by atoms with Crippen LogP contribution in [0, 0.1) is 12.7 Å². The molecule has 142 valence electrons. The third-order valence-corrected chi connectivity index (χ3v) is 4.79. The van der Waals surface area contributed by atoms with Crippen molar-refractivity contribution in [1.82, 2.24) is 24.6 Å². The van der Waals surface area contributed by atoms with Gasteiger partial charge in [-0.2, -0.15) is 5.10 Å². The molecular weight excluding hydrogens is 357 g/mol. The maximum atomic E-state index is 13.5. The van der Waals surface area contributed by atoms with Crippen molar-refractivity contribution in [3.05, 3.63) is 78.1 Å². The lowest BCUT2D eigenvalue weighted by Gasteiger charge is -2.15. The summed E-state index contributed by atoms with van der Waals surface area (Å²) in [6, 6.07) is 13.7. The van der Waals surface area contributed by atoms with E-state index in [4.69, 9.17) is 0 Å². The molecule has 6 nitrogen and oxygen atoms in total. The minimum absolute atomic E-state index is 0.117. The molecule has 7 heteroatoms. The Kier molecular flexibility index (Phi) is 4.65. The molecule has 2 heterocycles. The van der Waals surface area contributed by atoms with Gasteiger partial charge < -0.3 is 9.88 Å². The van der Waals surface area contributed by atoms with Crippen molar-refractivity contribution in [2.75, 3.05) is 0 Å². The van der Waals surface area contributed by atoms with E-state index in [1.165, 1.54) is 12.1 Å². The van der Waals surface area contributed by atoms with Crippen molar-refractivity contribution in [1.29, 1.82) is 0 Å². The molecule has 0 bridgehead atoms. The van der Waals surface area contributed by atoms with Crippen LogP contribution in [-0.2, 0) is 11.3 Å². The largest absolute Gasteiger partial charge is 0.348 e.